The van der Waals surface area contributed by atoms with Crippen LogP contribution in [0.2, 0.25) is 0 Å². The summed E-state index contributed by atoms with van der Waals surface area (Å²) in [4.78, 5) is 33.0. The highest BCUT2D eigenvalue weighted by atomic mass is 16.4. The smallest absolute Gasteiger partial charge is 0.337 e. The Labute approximate surface area is 103 Å². The van der Waals surface area contributed by atoms with Crippen LogP contribution in [0.4, 0.5) is 5.69 Å². The predicted molar refractivity (Wildman–Crippen MR) is 63.4 cm³/mol. The van der Waals surface area contributed by atoms with E-state index in [0.29, 0.717) is 0 Å². The van der Waals surface area contributed by atoms with Crippen LogP contribution in [-0.2, 0) is 9.59 Å². The van der Waals surface area contributed by atoms with Gasteiger partial charge in [-0.3, -0.25) is 9.59 Å². The highest BCUT2D eigenvalue weighted by Crippen LogP contribution is 2.16. The fourth-order valence-electron chi connectivity index (χ4n) is 1.35. The number of rotatable bonds is 5. The van der Waals surface area contributed by atoms with Gasteiger partial charge >= 0.3 is 11.9 Å². The monoisotopic (exact) mass is 251 g/mol. The molecule has 1 rings (SSSR count). The van der Waals surface area contributed by atoms with E-state index in [0.717, 1.165) is 0 Å². The number of aromatic carboxylic acids is 1. The molecule has 0 aliphatic carbocycles. The van der Waals surface area contributed by atoms with Crippen LogP contribution in [0.1, 0.15) is 23.7 Å². The van der Waals surface area contributed by atoms with Gasteiger partial charge in [-0.2, -0.15) is 0 Å². The topological polar surface area (TPSA) is 104 Å². The van der Waals surface area contributed by atoms with Crippen LogP contribution < -0.4 is 5.32 Å². The van der Waals surface area contributed by atoms with Crippen LogP contribution in [0, 0.1) is 5.92 Å². The standard InChI is InChI=1S/C12H13NO5/c1-7(11(15)16)6-10(14)13-9-5-3-2-4-8(9)12(17)18/h2-5,7H,6H2,1H3,(H,13,14)(H,15,16)(H,17,18). The van der Waals surface area contributed by atoms with E-state index >= 15 is 0 Å². The van der Waals surface area contributed by atoms with Crippen molar-refractivity contribution in [2.24, 2.45) is 5.92 Å². The zero-order chi connectivity index (χ0) is 13.7. The molecule has 1 atom stereocenters. The van der Waals surface area contributed by atoms with Crippen molar-refractivity contribution in [3.05, 3.63) is 29.8 Å². The van der Waals surface area contributed by atoms with Gasteiger partial charge < -0.3 is 15.5 Å². The molecule has 1 aromatic rings. The third-order valence-corrected chi connectivity index (χ3v) is 2.34. The molecule has 0 aromatic heterocycles. The third kappa shape index (κ3) is 3.58. The molecule has 1 unspecified atom stereocenters. The maximum Gasteiger partial charge on any atom is 0.337 e. The lowest BCUT2D eigenvalue weighted by Crippen LogP contribution is -2.21. The number of carbonyl (C=O) groups is 3. The summed E-state index contributed by atoms with van der Waals surface area (Å²) in [7, 11) is 0. The quantitative estimate of drug-likeness (QED) is 0.734. The second kappa shape index (κ2) is 5.81. The lowest BCUT2D eigenvalue weighted by molar-refractivity contribution is -0.142. The Balaban J connectivity index is 2.76. The molecule has 0 heterocycles. The summed E-state index contributed by atoms with van der Waals surface area (Å²) in [6, 6.07) is 5.94. The second-order valence-electron chi connectivity index (χ2n) is 3.84. The van der Waals surface area contributed by atoms with Crippen LogP contribution in [0.3, 0.4) is 0 Å². The largest absolute Gasteiger partial charge is 0.481 e. The SMILES string of the molecule is CC(CC(=O)Nc1ccccc1C(=O)O)C(=O)O. The first-order valence-corrected chi connectivity index (χ1v) is 5.26. The van der Waals surface area contributed by atoms with Crippen LogP contribution in [0.5, 0.6) is 0 Å². The number of aliphatic carboxylic acids is 1. The van der Waals surface area contributed by atoms with Crippen LogP contribution in [-0.4, -0.2) is 28.1 Å². The summed E-state index contributed by atoms with van der Waals surface area (Å²) in [5.74, 6) is -3.57. The van der Waals surface area contributed by atoms with Gasteiger partial charge in [0.2, 0.25) is 5.91 Å². The third-order valence-electron chi connectivity index (χ3n) is 2.34. The van der Waals surface area contributed by atoms with Crippen LogP contribution >= 0.6 is 0 Å². The van der Waals surface area contributed by atoms with Crippen molar-refractivity contribution in [3.8, 4) is 0 Å². The molecule has 0 aliphatic heterocycles. The molecule has 0 saturated heterocycles. The molecule has 0 aliphatic rings. The van der Waals surface area contributed by atoms with Crippen molar-refractivity contribution >= 4 is 23.5 Å². The van der Waals surface area contributed by atoms with E-state index in [1.807, 2.05) is 0 Å². The van der Waals surface area contributed by atoms with Gasteiger partial charge in [0, 0.05) is 6.42 Å². The van der Waals surface area contributed by atoms with Gasteiger partial charge in [-0.25, -0.2) is 4.79 Å². The summed E-state index contributed by atoms with van der Waals surface area (Å²) in [6.07, 6.45) is -0.205. The van der Waals surface area contributed by atoms with Crippen molar-refractivity contribution < 1.29 is 24.6 Å². The number of anilines is 1. The van der Waals surface area contributed by atoms with Crippen molar-refractivity contribution in [2.75, 3.05) is 5.32 Å². The Bertz CT molecular complexity index is 483. The summed E-state index contributed by atoms with van der Waals surface area (Å²) in [5, 5.41) is 20.0. The summed E-state index contributed by atoms with van der Waals surface area (Å²) >= 11 is 0. The minimum absolute atomic E-state index is 0.0335. The van der Waals surface area contributed by atoms with E-state index in [-0.39, 0.29) is 17.7 Å². The first-order valence-electron chi connectivity index (χ1n) is 5.26. The average molecular weight is 251 g/mol. The zero-order valence-corrected chi connectivity index (χ0v) is 9.71. The minimum atomic E-state index is -1.16. The molecule has 96 valence electrons. The molecule has 0 radical (unpaired) electrons. The molecular formula is C12H13NO5. The summed E-state index contributed by atoms with van der Waals surface area (Å²) in [6.45, 7) is 1.41. The molecule has 0 spiro atoms. The van der Waals surface area contributed by atoms with Gasteiger partial charge in [-0.1, -0.05) is 19.1 Å². The van der Waals surface area contributed by atoms with E-state index < -0.39 is 23.8 Å². The number of para-hydroxylation sites is 1. The number of hydrogen-bond acceptors (Lipinski definition) is 3. The molecule has 1 amide bonds. The maximum absolute atomic E-state index is 11.5. The lowest BCUT2D eigenvalue weighted by atomic mass is 10.1. The first kappa shape index (κ1) is 13.7. The van der Waals surface area contributed by atoms with E-state index in [9.17, 15) is 14.4 Å². The average Bonchev–Trinajstić information content (AvgIpc) is 2.28. The highest BCUT2D eigenvalue weighted by molar-refractivity contribution is 6.01. The van der Waals surface area contributed by atoms with E-state index in [2.05, 4.69) is 5.32 Å². The van der Waals surface area contributed by atoms with Crippen molar-refractivity contribution in [1.29, 1.82) is 0 Å². The molecule has 18 heavy (non-hydrogen) atoms. The van der Waals surface area contributed by atoms with Crippen LogP contribution in [0.25, 0.3) is 0 Å². The number of carboxylic acids is 2. The minimum Gasteiger partial charge on any atom is -0.481 e. The van der Waals surface area contributed by atoms with Gasteiger partial charge in [0.15, 0.2) is 0 Å². The van der Waals surface area contributed by atoms with Gasteiger partial charge in [0.25, 0.3) is 0 Å². The Morgan fingerprint density at radius 2 is 1.83 bits per heavy atom. The molecular weight excluding hydrogens is 238 g/mol. The number of hydrogen-bond donors (Lipinski definition) is 3. The molecule has 0 fully saturated rings. The molecule has 1 aromatic carbocycles. The molecule has 6 nitrogen and oxygen atoms in total. The molecule has 6 heteroatoms. The van der Waals surface area contributed by atoms with E-state index in [1.54, 1.807) is 12.1 Å². The first-order chi connectivity index (χ1) is 8.41. The highest BCUT2D eigenvalue weighted by Gasteiger charge is 2.17. The Morgan fingerprint density at radius 1 is 1.22 bits per heavy atom. The number of nitrogens with one attached hydrogen (secondary N) is 1. The van der Waals surface area contributed by atoms with Gasteiger partial charge in [-0.05, 0) is 12.1 Å². The Kier molecular flexibility index (Phi) is 4.42. The maximum atomic E-state index is 11.5. The van der Waals surface area contributed by atoms with Gasteiger partial charge in [0.1, 0.15) is 0 Å². The van der Waals surface area contributed by atoms with Crippen molar-refractivity contribution in [3.63, 3.8) is 0 Å². The van der Waals surface area contributed by atoms with Crippen molar-refractivity contribution in [1.82, 2.24) is 0 Å². The second-order valence-corrected chi connectivity index (χ2v) is 3.84. The number of amides is 1. The van der Waals surface area contributed by atoms with Gasteiger partial charge in [-0.15, -0.1) is 0 Å². The Morgan fingerprint density at radius 3 is 2.39 bits per heavy atom. The predicted octanol–water partition coefficient (Wildman–Crippen LogP) is 1.43. The Hall–Kier alpha value is -2.37. The lowest BCUT2D eigenvalue weighted by Gasteiger charge is -2.09. The normalized spacial score (nSPS) is 11.6. The summed E-state index contributed by atoms with van der Waals surface area (Å²) < 4.78 is 0. The molecule has 0 saturated carbocycles. The molecule has 0 bridgehead atoms. The number of carboxylic acid groups (broad SMARTS) is 2. The summed E-state index contributed by atoms with van der Waals surface area (Å²) in [5.41, 5.74) is 0.126. The zero-order valence-electron chi connectivity index (χ0n) is 9.71. The fourth-order valence-corrected chi connectivity index (χ4v) is 1.35. The molecule has 3 N–H and O–H groups in total. The van der Waals surface area contributed by atoms with Gasteiger partial charge in [0.05, 0.1) is 17.2 Å². The fraction of sp³-hybridized carbons (Fsp3) is 0.250. The van der Waals surface area contributed by atoms with Crippen molar-refractivity contribution in [2.45, 2.75) is 13.3 Å². The van der Waals surface area contributed by atoms with Crippen LogP contribution in [0.15, 0.2) is 24.3 Å². The van der Waals surface area contributed by atoms with E-state index in [4.69, 9.17) is 10.2 Å². The van der Waals surface area contributed by atoms with E-state index in [1.165, 1.54) is 19.1 Å². The number of benzene rings is 1. The number of carbonyl (C=O) groups excluding carboxylic acids is 1.